The van der Waals surface area contributed by atoms with Crippen LogP contribution in [0.1, 0.15) is 87.0 Å². The van der Waals surface area contributed by atoms with Crippen molar-refractivity contribution in [2.75, 3.05) is 0 Å². The van der Waals surface area contributed by atoms with Gasteiger partial charge in [-0.05, 0) is 60.2 Å². The predicted molar refractivity (Wildman–Crippen MR) is 119 cm³/mol. The lowest BCUT2D eigenvalue weighted by molar-refractivity contribution is -0.228. The number of esters is 3. The number of rotatable bonds is 3. The molecule has 0 aromatic rings. The van der Waals surface area contributed by atoms with Gasteiger partial charge in [0.05, 0.1) is 5.92 Å². The van der Waals surface area contributed by atoms with Gasteiger partial charge in [-0.25, -0.2) is 0 Å². The number of fused-ring (bicyclic) bond motifs is 5. The second-order valence-electron chi connectivity index (χ2n) is 12.1. The molecule has 1 aliphatic heterocycles. The summed E-state index contributed by atoms with van der Waals surface area (Å²) in [5.74, 6) is -1.02. The summed E-state index contributed by atoms with van der Waals surface area (Å²) in [5, 5.41) is 0. The molecule has 3 aliphatic carbocycles. The zero-order valence-corrected chi connectivity index (χ0v) is 21.1. The van der Waals surface area contributed by atoms with Gasteiger partial charge in [-0.3, -0.25) is 14.4 Å². The minimum Gasteiger partial charge on any atom is -0.462 e. The molecule has 0 aromatic carbocycles. The Labute approximate surface area is 197 Å². The van der Waals surface area contributed by atoms with Crippen LogP contribution in [0.25, 0.3) is 0 Å². The van der Waals surface area contributed by atoms with Gasteiger partial charge >= 0.3 is 17.9 Å². The van der Waals surface area contributed by atoms with Crippen molar-refractivity contribution in [2.24, 2.45) is 39.9 Å². The van der Waals surface area contributed by atoms with Crippen molar-refractivity contribution in [1.29, 1.82) is 0 Å². The molecule has 186 valence electrons. The molecule has 7 heteroatoms. The normalized spacial score (nSPS) is 45.7. The lowest BCUT2D eigenvalue weighted by Gasteiger charge is -2.66. The first-order valence-corrected chi connectivity index (χ1v) is 12.5. The predicted octanol–water partition coefficient (Wildman–Crippen LogP) is 4.61. The third kappa shape index (κ3) is 3.98. The van der Waals surface area contributed by atoms with Crippen LogP contribution in [0.15, 0.2) is 0 Å². The van der Waals surface area contributed by atoms with Gasteiger partial charge in [-0.1, -0.05) is 34.1 Å². The molecule has 1 saturated heterocycles. The van der Waals surface area contributed by atoms with E-state index in [1.807, 2.05) is 0 Å². The van der Waals surface area contributed by atoms with E-state index in [9.17, 15) is 14.4 Å². The Morgan fingerprint density at radius 2 is 1.36 bits per heavy atom. The topological polar surface area (TPSA) is 88.1 Å². The van der Waals surface area contributed by atoms with Crippen molar-refractivity contribution in [1.82, 2.24) is 0 Å². The van der Waals surface area contributed by atoms with E-state index in [0.717, 1.165) is 19.3 Å². The molecule has 1 heterocycles. The summed E-state index contributed by atoms with van der Waals surface area (Å²) in [6.07, 6.45) is 4.11. The van der Waals surface area contributed by atoms with Gasteiger partial charge in [0.25, 0.3) is 0 Å². The fraction of sp³-hybridized carbons (Fsp3) is 0.885. The minimum absolute atomic E-state index is 0.0818. The molecule has 33 heavy (non-hydrogen) atoms. The Balaban J connectivity index is 1.80. The third-order valence-electron chi connectivity index (χ3n) is 9.67. The molecular weight excluding hydrogens is 424 g/mol. The van der Waals surface area contributed by atoms with E-state index in [-0.39, 0.29) is 40.0 Å². The van der Waals surface area contributed by atoms with E-state index in [4.69, 9.17) is 18.9 Å². The molecule has 0 aromatic heterocycles. The molecule has 4 fully saturated rings. The average Bonchev–Trinajstić information content (AvgIpc) is 3.00. The molecule has 0 N–H and O–H groups in total. The van der Waals surface area contributed by atoms with Gasteiger partial charge in [0.15, 0.2) is 0 Å². The molecule has 9 atom stereocenters. The Bertz CT molecular complexity index is 821. The highest BCUT2D eigenvalue weighted by atomic mass is 16.8. The molecular formula is C26H40O7. The van der Waals surface area contributed by atoms with Crippen LogP contribution in [0.2, 0.25) is 0 Å². The Hall–Kier alpha value is -1.63. The maximum absolute atomic E-state index is 12.1. The Kier molecular flexibility index (Phi) is 6.12. The first kappa shape index (κ1) is 24.5. The highest BCUT2D eigenvalue weighted by Gasteiger charge is 2.70. The maximum atomic E-state index is 12.1. The van der Waals surface area contributed by atoms with Crippen LogP contribution in [-0.4, -0.2) is 36.6 Å². The highest BCUT2D eigenvalue weighted by molar-refractivity contribution is 5.67. The summed E-state index contributed by atoms with van der Waals surface area (Å²) in [6.45, 7) is 13.6. The fourth-order valence-electron chi connectivity index (χ4n) is 8.70. The van der Waals surface area contributed by atoms with Crippen molar-refractivity contribution in [3.05, 3.63) is 0 Å². The summed E-state index contributed by atoms with van der Waals surface area (Å²) in [6, 6.07) is 0. The van der Waals surface area contributed by atoms with Crippen molar-refractivity contribution in [2.45, 2.75) is 106 Å². The summed E-state index contributed by atoms with van der Waals surface area (Å²) in [4.78, 5) is 36.0. The first-order valence-electron chi connectivity index (χ1n) is 12.5. The van der Waals surface area contributed by atoms with Crippen molar-refractivity contribution < 1.29 is 33.3 Å². The van der Waals surface area contributed by atoms with Crippen molar-refractivity contribution >= 4 is 17.9 Å². The largest absolute Gasteiger partial charge is 0.462 e. The summed E-state index contributed by atoms with van der Waals surface area (Å²) in [5.41, 5.74) is 0.136. The molecule has 0 unspecified atom stereocenters. The minimum atomic E-state index is -0.910. The van der Waals surface area contributed by atoms with Crippen LogP contribution in [0.3, 0.4) is 0 Å². The number of hydrogen-bond acceptors (Lipinski definition) is 7. The lowest BCUT2D eigenvalue weighted by Crippen LogP contribution is -2.63. The van der Waals surface area contributed by atoms with Gasteiger partial charge in [0.1, 0.15) is 6.10 Å². The van der Waals surface area contributed by atoms with E-state index in [1.165, 1.54) is 33.6 Å². The standard InChI is InChI=1S/C26H40O7/c1-14(27)30-17-13-19-25(6)11-8-10-24(4,5)18(25)9-12-26(19,7)21-20(17)22(31-15(2)28)33-23(21)32-16(3)29/h17-23H,8-13H2,1-7H3/t17-,18-,19+,20+,21-,22+,23-,25-,26+/m0/s1. The van der Waals surface area contributed by atoms with Gasteiger partial charge < -0.3 is 18.9 Å². The first-order chi connectivity index (χ1) is 15.3. The Morgan fingerprint density at radius 3 is 1.97 bits per heavy atom. The molecule has 0 radical (unpaired) electrons. The van der Waals surface area contributed by atoms with Gasteiger partial charge in [-0.15, -0.1) is 0 Å². The van der Waals surface area contributed by atoms with E-state index in [1.54, 1.807) is 0 Å². The molecule has 4 aliphatic rings. The van der Waals surface area contributed by atoms with Crippen LogP contribution >= 0.6 is 0 Å². The van der Waals surface area contributed by atoms with Gasteiger partial charge in [0, 0.05) is 26.7 Å². The van der Waals surface area contributed by atoms with Crippen LogP contribution in [0, 0.1) is 39.9 Å². The second-order valence-corrected chi connectivity index (χ2v) is 12.1. The van der Waals surface area contributed by atoms with Crippen LogP contribution in [0.5, 0.6) is 0 Å². The molecule has 3 saturated carbocycles. The third-order valence-corrected chi connectivity index (χ3v) is 9.67. The lowest BCUT2D eigenvalue weighted by atomic mass is 9.38. The van der Waals surface area contributed by atoms with Crippen LogP contribution in [-0.2, 0) is 33.3 Å². The van der Waals surface area contributed by atoms with Crippen LogP contribution in [0.4, 0.5) is 0 Å². The zero-order chi connectivity index (χ0) is 24.3. The number of carbonyl (C=O) groups is 3. The zero-order valence-electron chi connectivity index (χ0n) is 21.1. The second kappa shape index (κ2) is 8.24. The van der Waals surface area contributed by atoms with Crippen molar-refractivity contribution in [3.63, 3.8) is 0 Å². The van der Waals surface area contributed by atoms with E-state index in [0.29, 0.717) is 12.3 Å². The summed E-state index contributed by atoms with van der Waals surface area (Å²) >= 11 is 0. The number of carbonyl (C=O) groups excluding carboxylic acids is 3. The van der Waals surface area contributed by atoms with Crippen LogP contribution < -0.4 is 0 Å². The fourth-order valence-corrected chi connectivity index (χ4v) is 8.70. The van der Waals surface area contributed by atoms with E-state index >= 15 is 0 Å². The molecule has 0 spiro atoms. The van der Waals surface area contributed by atoms with Crippen molar-refractivity contribution in [3.8, 4) is 0 Å². The molecule has 7 nitrogen and oxygen atoms in total. The molecule has 0 amide bonds. The monoisotopic (exact) mass is 464 g/mol. The quantitative estimate of drug-likeness (QED) is 0.445. The highest BCUT2D eigenvalue weighted by Crippen LogP contribution is 2.71. The molecule has 0 bridgehead atoms. The SMILES string of the molecule is CC(=O)O[C@@H]1O[C@H](OC(C)=O)[C@@H]2[C@H]1[C@@H](OC(C)=O)C[C@H]1[C@@]2(C)CC[C@H]2C(C)(C)CCC[C@]12C. The van der Waals surface area contributed by atoms with Gasteiger partial charge in [-0.2, -0.15) is 0 Å². The van der Waals surface area contributed by atoms with E-state index < -0.39 is 30.6 Å². The van der Waals surface area contributed by atoms with E-state index in [2.05, 4.69) is 27.7 Å². The number of hydrogen-bond donors (Lipinski definition) is 0. The maximum Gasteiger partial charge on any atom is 0.304 e. The average molecular weight is 465 g/mol. The summed E-state index contributed by atoms with van der Waals surface area (Å²) in [7, 11) is 0. The number of ether oxygens (including phenoxy) is 4. The Morgan fingerprint density at radius 1 is 0.758 bits per heavy atom. The van der Waals surface area contributed by atoms with Gasteiger partial charge in [0.2, 0.25) is 12.6 Å². The smallest absolute Gasteiger partial charge is 0.304 e. The molecule has 4 rings (SSSR count). The summed E-state index contributed by atoms with van der Waals surface area (Å²) < 4.78 is 23.2.